The first-order valence-corrected chi connectivity index (χ1v) is 8.72. The molecular weight excluding hydrogens is 393 g/mol. The van der Waals surface area contributed by atoms with Crippen LogP contribution in [0.5, 0.6) is 11.5 Å². The van der Waals surface area contributed by atoms with E-state index in [1.807, 2.05) is 6.07 Å². The topological polar surface area (TPSA) is 118 Å². The largest absolute Gasteiger partial charge is 0.496 e. The van der Waals surface area contributed by atoms with Crippen LogP contribution in [0.1, 0.15) is 16.8 Å². The highest BCUT2D eigenvalue weighted by atomic mass is 19.1. The molecule has 0 bridgehead atoms. The van der Waals surface area contributed by atoms with Gasteiger partial charge in [-0.15, -0.1) is 0 Å². The van der Waals surface area contributed by atoms with E-state index in [0.29, 0.717) is 28.1 Å². The maximum absolute atomic E-state index is 13.5. The Kier molecular flexibility index (Phi) is 5.78. The number of methoxy groups -OCH3 is 1. The summed E-state index contributed by atoms with van der Waals surface area (Å²) in [5.74, 6) is -0.469. The number of hydrogen-bond acceptors (Lipinski definition) is 6. The van der Waals surface area contributed by atoms with Crippen molar-refractivity contribution in [2.75, 3.05) is 7.11 Å². The third-order valence-electron chi connectivity index (χ3n) is 4.37. The number of aryl methyl sites for hydroxylation is 1. The van der Waals surface area contributed by atoms with Crippen molar-refractivity contribution in [3.63, 3.8) is 0 Å². The van der Waals surface area contributed by atoms with Crippen molar-refractivity contribution in [3.8, 4) is 28.7 Å². The fourth-order valence-electron chi connectivity index (χ4n) is 3.00. The van der Waals surface area contributed by atoms with Gasteiger partial charge in [0.1, 0.15) is 29.8 Å². The number of aromatic amines is 1. The minimum absolute atomic E-state index is 0.0431. The smallest absolute Gasteiger partial charge is 0.311 e. The van der Waals surface area contributed by atoms with Crippen LogP contribution in [-0.2, 0) is 6.61 Å². The summed E-state index contributed by atoms with van der Waals surface area (Å²) in [6.45, 7) is 1.54. The molecule has 1 N–H and O–H groups in total. The molecule has 0 saturated carbocycles. The third kappa shape index (κ3) is 4.12. The minimum Gasteiger partial charge on any atom is -0.496 e. The summed E-state index contributed by atoms with van der Waals surface area (Å²) in [5, 5.41) is 20.5. The Morgan fingerprint density at radius 2 is 1.97 bits per heavy atom. The Bertz CT molecular complexity index is 1230. The van der Waals surface area contributed by atoms with E-state index in [1.165, 1.54) is 7.11 Å². The van der Waals surface area contributed by atoms with Crippen molar-refractivity contribution in [1.82, 2.24) is 4.98 Å². The molecule has 0 atom stereocenters. The molecule has 0 aliphatic carbocycles. The first kappa shape index (κ1) is 20.5. The molecule has 152 valence electrons. The number of aromatic nitrogens is 1. The molecule has 1 heterocycles. The van der Waals surface area contributed by atoms with Gasteiger partial charge in [-0.25, -0.2) is 4.39 Å². The Morgan fingerprint density at radius 1 is 1.20 bits per heavy atom. The molecule has 30 heavy (non-hydrogen) atoms. The van der Waals surface area contributed by atoms with Crippen LogP contribution < -0.4 is 15.0 Å². The van der Waals surface area contributed by atoms with Crippen LogP contribution in [0.2, 0.25) is 0 Å². The second kappa shape index (κ2) is 8.45. The fourth-order valence-corrected chi connectivity index (χ4v) is 3.00. The lowest BCUT2D eigenvalue weighted by atomic mass is 9.99. The zero-order chi connectivity index (χ0) is 21.8. The standard InChI is InChI=1S/C21H16FN3O5/c1-12-7-16(17(10-23)21(26)24-12)13-3-6-19(29-2)14(8-13)11-30-20-9-15(22)4-5-18(20)25(27)28/h3-9H,11H2,1-2H3,(H,24,26). The normalized spacial score (nSPS) is 10.3. The molecule has 0 unspecified atom stereocenters. The highest BCUT2D eigenvalue weighted by Crippen LogP contribution is 2.32. The molecule has 9 heteroatoms. The number of benzene rings is 2. The van der Waals surface area contributed by atoms with Gasteiger partial charge in [-0.2, -0.15) is 5.26 Å². The molecule has 0 radical (unpaired) electrons. The van der Waals surface area contributed by atoms with Crippen LogP contribution in [0.4, 0.5) is 10.1 Å². The molecule has 8 nitrogen and oxygen atoms in total. The molecule has 0 spiro atoms. The van der Waals surface area contributed by atoms with Crippen LogP contribution in [0.25, 0.3) is 11.1 Å². The predicted molar refractivity (Wildman–Crippen MR) is 106 cm³/mol. The fraction of sp³-hybridized carbons (Fsp3) is 0.143. The Morgan fingerprint density at radius 3 is 2.63 bits per heavy atom. The number of pyridine rings is 1. The summed E-state index contributed by atoms with van der Waals surface area (Å²) >= 11 is 0. The molecule has 0 amide bonds. The number of rotatable bonds is 6. The molecular formula is C21H16FN3O5. The van der Waals surface area contributed by atoms with Crippen LogP contribution in [-0.4, -0.2) is 17.0 Å². The lowest BCUT2D eigenvalue weighted by molar-refractivity contribution is -0.386. The van der Waals surface area contributed by atoms with E-state index in [-0.39, 0.29) is 23.6 Å². The molecule has 3 aromatic rings. The van der Waals surface area contributed by atoms with Gasteiger partial charge in [-0.05, 0) is 36.8 Å². The van der Waals surface area contributed by atoms with Gasteiger partial charge in [0.25, 0.3) is 5.56 Å². The van der Waals surface area contributed by atoms with E-state index >= 15 is 0 Å². The van der Waals surface area contributed by atoms with Crippen molar-refractivity contribution in [2.24, 2.45) is 0 Å². The lowest BCUT2D eigenvalue weighted by Crippen LogP contribution is -2.12. The number of hydrogen-bond donors (Lipinski definition) is 1. The van der Waals surface area contributed by atoms with Gasteiger partial charge < -0.3 is 14.5 Å². The van der Waals surface area contributed by atoms with Gasteiger partial charge in [0.15, 0.2) is 5.75 Å². The van der Waals surface area contributed by atoms with Crippen LogP contribution in [0, 0.1) is 34.2 Å². The number of nitriles is 1. The zero-order valence-electron chi connectivity index (χ0n) is 16.1. The van der Waals surface area contributed by atoms with Crippen molar-refractivity contribution in [2.45, 2.75) is 13.5 Å². The zero-order valence-corrected chi connectivity index (χ0v) is 16.1. The lowest BCUT2D eigenvalue weighted by Gasteiger charge is -2.13. The molecule has 0 aliphatic heterocycles. The number of nitrogens with one attached hydrogen (secondary N) is 1. The van der Waals surface area contributed by atoms with E-state index in [0.717, 1.165) is 18.2 Å². The van der Waals surface area contributed by atoms with E-state index in [1.54, 1.807) is 31.2 Å². The third-order valence-corrected chi connectivity index (χ3v) is 4.37. The molecule has 3 rings (SSSR count). The van der Waals surface area contributed by atoms with Crippen LogP contribution in [0.3, 0.4) is 0 Å². The SMILES string of the molecule is COc1ccc(-c2cc(C)[nH]c(=O)c2C#N)cc1COc1cc(F)ccc1[N+](=O)[O-]. The molecule has 0 fully saturated rings. The summed E-state index contributed by atoms with van der Waals surface area (Å²) in [6.07, 6.45) is 0. The predicted octanol–water partition coefficient (Wildman–Crippen LogP) is 3.86. The summed E-state index contributed by atoms with van der Waals surface area (Å²) in [6, 6.07) is 11.5. The van der Waals surface area contributed by atoms with Gasteiger partial charge in [-0.3, -0.25) is 14.9 Å². The quantitative estimate of drug-likeness (QED) is 0.488. The van der Waals surface area contributed by atoms with Crippen molar-refractivity contribution >= 4 is 5.69 Å². The van der Waals surface area contributed by atoms with E-state index in [2.05, 4.69) is 4.98 Å². The Balaban J connectivity index is 2.02. The highest BCUT2D eigenvalue weighted by molar-refractivity contribution is 5.71. The van der Waals surface area contributed by atoms with Crippen LogP contribution in [0.15, 0.2) is 47.3 Å². The first-order chi connectivity index (χ1) is 14.3. The van der Waals surface area contributed by atoms with Gasteiger partial charge in [0.05, 0.1) is 12.0 Å². The van der Waals surface area contributed by atoms with Gasteiger partial charge in [0, 0.05) is 29.0 Å². The maximum Gasteiger partial charge on any atom is 0.311 e. The summed E-state index contributed by atoms with van der Waals surface area (Å²) in [7, 11) is 1.45. The van der Waals surface area contributed by atoms with Gasteiger partial charge in [-0.1, -0.05) is 6.07 Å². The summed E-state index contributed by atoms with van der Waals surface area (Å²) in [4.78, 5) is 25.2. The number of H-pyrrole nitrogens is 1. The molecule has 0 saturated heterocycles. The number of nitro groups is 1. The van der Waals surface area contributed by atoms with Gasteiger partial charge in [0.2, 0.25) is 0 Å². The van der Waals surface area contributed by atoms with E-state index in [4.69, 9.17) is 9.47 Å². The number of nitrogens with zero attached hydrogens (tertiary/aromatic N) is 2. The van der Waals surface area contributed by atoms with Crippen LogP contribution >= 0.6 is 0 Å². The second-order valence-corrected chi connectivity index (χ2v) is 6.37. The van der Waals surface area contributed by atoms with Crippen molar-refractivity contribution < 1.29 is 18.8 Å². The second-order valence-electron chi connectivity index (χ2n) is 6.37. The maximum atomic E-state index is 13.5. The molecule has 1 aromatic heterocycles. The van der Waals surface area contributed by atoms with E-state index < -0.39 is 16.3 Å². The number of halogens is 1. The Labute approximate surface area is 170 Å². The molecule has 2 aromatic carbocycles. The van der Waals surface area contributed by atoms with Crippen molar-refractivity contribution in [3.05, 3.63) is 85.6 Å². The monoisotopic (exact) mass is 409 g/mol. The number of nitro benzene ring substituents is 1. The average molecular weight is 409 g/mol. The average Bonchev–Trinajstić information content (AvgIpc) is 2.71. The minimum atomic E-state index is -0.672. The summed E-state index contributed by atoms with van der Waals surface area (Å²) in [5.41, 5.74) is 1.15. The van der Waals surface area contributed by atoms with Crippen molar-refractivity contribution in [1.29, 1.82) is 5.26 Å². The van der Waals surface area contributed by atoms with Gasteiger partial charge >= 0.3 is 5.69 Å². The summed E-state index contributed by atoms with van der Waals surface area (Å²) < 4.78 is 24.4. The first-order valence-electron chi connectivity index (χ1n) is 8.72. The Hall–Kier alpha value is -4.19. The highest BCUT2D eigenvalue weighted by Gasteiger charge is 2.18. The number of ether oxygens (including phenoxy) is 2. The molecule has 0 aliphatic rings. The van der Waals surface area contributed by atoms with E-state index in [9.17, 15) is 24.6 Å².